The predicted octanol–water partition coefficient (Wildman–Crippen LogP) is 27.2. The standard InChI is InChI=1S/C108H68B2N6S3/c1-6-33-69(34-7-1)76-43-16-23-50-85(76)114-92-68-93-84(67-83(92)109-81-48-21-25-52-87(81)113(73-41-14-5-15-42-73)94-63-74(64-95(114)107(94)109)111(71-37-10-3-11-38-71)89-54-30-60-101-104(89)78-45-18-27-57-98(78)117-101)110-82-49-22-26-53-88(82)116(91-56-32-62-103-106(91)80-47-20-29-59-100(80)119-103)97-66-75(65-96(108(97)110)115(93)86-51-24-17-44-77(86)70-35-8-2-9-36-70)112(72-39-12-4-13-40-72)90-55-31-61-102-105(90)79-46-19-28-58-99(79)118-102/h1-68H. The van der Waals surface area contributed by atoms with E-state index in [1.807, 2.05) is 34.0 Å². The molecule has 0 aliphatic carbocycles. The van der Waals surface area contributed by atoms with E-state index in [0.717, 1.165) is 125 Å². The van der Waals surface area contributed by atoms with E-state index in [4.69, 9.17) is 0 Å². The van der Waals surface area contributed by atoms with Crippen molar-refractivity contribution >= 4 is 243 Å². The maximum absolute atomic E-state index is 2.70. The summed E-state index contributed by atoms with van der Waals surface area (Å²) >= 11 is 5.59. The smallest absolute Gasteiger partial charge is 0.252 e. The number of thiophene rings is 3. The summed E-state index contributed by atoms with van der Waals surface area (Å²) in [6, 6.07) is 156. The highest BCUT2D eigenvalue weighted by Crippen LogP contribution is 2.57. The van der Waals surface area contributed by atoms with Crippen LogP contribution in [0.15, 0.2) is 413 Å². The molecule has 0 saturated heterocycles. The van der Waals surface area contributed by atoms with Crippen LogP contribution in [0.1, 0.15) is 0 Å². The maximum atomic E-state index is 2.70. The van der Waals surface area contributed by atoms with Crippen LogP contribution in [0.3, 0.4) is 0 Å². The lowest BCUT2D eigenvalue weighted by molar-refractivity contribution is 1.22. The summed E-state index contributed by atoms with van der Waals surface area (Å²) in [6.07, 6.45) is 0. The molecule has 6 nitrogen and oxygen atoms in total. The summed E-state index contributed by atoms with van der Waals surface area (Å²) in [6.45, 7) is -0.568. The molecule has 0 saturated carbocycles. The third-order valence-corrected chi connectivity index (χ3v) is 28.3. The Hall–Kier alpha value is -14.5. The topological polar surface area (TPSA) is 19.4 Å². The molecule has 0 bridgehead atoms. The van der Waals surface area contributed by atoms with Gasteiger partial charge in [-0.15, -0.1) is 34.0 Å². The van der Waals surface area contributed by atoms with Gasteiger partial charge >= 0.3 is 0 Å². The van der Waals surface area contributed by atoms with Gasteiger partial charge in [0.05, 0.1) is 39.8 Å². The van der Waals surface area contributed by atoms with Crippen molar-refractivity contribution in [2.45, 2.75) is 0 Å². The monoisotopic (exact) mass is 1570 g/mol. The van der Waals surface area contributed by atoms with Gasteiger partial charge in [-0.3, -0.25) is 0 Å². The van der Waals surface area contributed by atoms with Gasteiger partial charge in [0, 0.05) is 134 Å². The largest absolute Gasteiger partial charge is 0.311 e. The zero-order chi connectivity index (χ0) is 77.9. The van der Waals surface area contributed by atoms with Crippen LogP contribution in [-0.4, -0.2) is 13.4 Å². The van der Waals surface area contributed by atoms with E-state index in [1.54, 1.807) is 0 Å². The van der Waals surface area contributed by atoms with Crippen LogP contribution in [-0.2, 0) is 0 Å². The fourth-order valence-corrected chi connectivity index (χ4v) is 23.5. The van der Waals surface area contributed by atoms with E-state index in [0.29, 0.717) is 0 Å². The first kappa shape index (κ1) is 67.8. The highest BCUT2D eigenvalue weighted by Gasteiger charge is 2.50. The zero-order valence-electron chi connectivity index (χ0n) is 64.3. The van der Waals surface area contributed by atoms with Crippen molar-refractivity contribution in [2.24, 2.45) is 0 Å². The fraction of sp³-hybridized carbons (Fsp3) is 0. The maximum Gasteiger partial charge on any atom is 0.252 e. The van der Waals surface area contributed by atoms with Crippen molar-refractivity contribution in [2.75, 3.05) is 29.4 Å². The highest BCUT2D eigenvalue weighted by molar-refractivity contribution is 7.26. The molecule has 0 fully saturated rings. The minimum Gasteiger partial charge on any atom is -0.311 e. The highest BCUT2D eigenvalue weighted by atomic mass is 32.1. The second-order valence-electron chi connectivity index (χ2n) is 31.3. The molecule has 3 aromatic heterocycles. The van der Waals surface area contributed by atoms with Gasteiger partial charge in [0.1, 0.15) is 0 Å². The summed E-state index contributed by atoms with van der Waals surface area (Å²) in [5.74, 6) is 0. The summed E-state index contributed by atoms with van der Waals surface area (Å²) in [7, 11) is 0. The predicted molar refractivity (Wildman–Crippen MR) is 513 cm³/mol. The second-order valence-corrected chi connectivity index (χ2v) is 34.5. The van der Waals surface area contributed by atoms with Crippen LogP contribution in [0, 0.1) is 0 Å². The number of nitrogens with zero attached hydrogens (tertiary/aromatic N) is 6. The van der Waals surface area contributed by atoms with E-state index in [2.05, 4.69) is 442 Å². The molecule has 0 amide bonds. The molecule has 554 valence electrons. The molecular weight excluding hydrogens is 1500 g/mol. The van der Waals surface area contributed by atoms with E-state index >= 15 is 0 Å². The van der Waals surface area contributed by atoms with Gasteiger partial charge < -0.3 is 29.4 Å². The molecule has 4 aliphatic rings. The van der Waals surface area contributed by atoms with Gasteiger partial charge in [-0.25, -0.2) is 0 Å². The number of hydrogen-bond acceptors (Lipinski definition) is 9. The van der Waals surface area contributed by atoms with Crippen LogP contribution in [0.5, 0.6) is 0 Å². The molecule has 11 heteroatoms. The number of rotatable bonds is 12. The lowest BCUT2D eigenvalue weighted by Crippen LogP contribution is -2.65. The summed E-state index contributed by atoms with van der Waals surface area (Å²) in [4.78, 5) is 15.7. The Kier molecular flexibility index (Phi) is 15.4. The Labute approximate surface area is 701 Å². The van der Waals surface area contributed by atoms with Crippen LogP contribution in [0.25, 0.3) is 82.8 Å². The second kappa shape index (κ2) is 27.1. The molecule has 7 heterocycles. The molecule has 0 radical (unpaired) electrons. The molecule has 0 spiro atoms. The minimum absolute atomic E-state index is 0.275. The van der Waals surface area contributed by atoms with Gasteiger partial charge in [-0.2, -0.15) is 0 Å². The van der Waals surface area contributed by atoms with E-state index in [9.17, 15) is 0 Å². The molecule has 0 unspecified atom stereocenters. The Balaban J connectivity index is 0.839. The number of benzene rings is 18. The normalized spacial score (nSPS) is 12.9. The third-order valence-electron chi connectivity index (χ3n) is 24.9. The first-order valence-electron chi connectivity index (χ1n) is 40.8. The van der Waals surface area contributed by atoms with Crippen LogP contribution < -0.4 is 62.2 Å². The van der Waals surface area contributed by atoms with Crippen molar-refractivity contribution in [1.82, 2.24) is 0 Å². The first-order chi connectivity index (χ1) is 59.1. The van der Waals surface area contributed by atoms with Crippen molar-refractivity contribution in [3.8, 4) is 22.3 Å². The molecule has 4 aliphatic heterocycles. The Morgan fingerprint density at radius 2 is 0.529 bits per heavy atom. The molecule has 119 heavy (non-hydrogen) atoms. The Morgan fingerprint density at radius 1 is 0.202 bits per heavy atom. The Morgan fingerprint density at radius 3 is 0.992 bits per heavy atom. The van der Waals surface area contributed by atoms with Crippen LogP contribution in [0.4, 0.5) is 102 Å². The van der Waals surface area contributed by atoms with Gasteiger partial charge in [0.2, 0.25) is 0 Å². The molecule has 18 aromatic carbocycles. The number of anilines is 18. The Bertz CT molecular complexity index is 7700. The summed E-state index contributed by atoms with van der Waals surface area (Å²) < 4.78 is 7.50. The molecule has 0 N–H and O–H groups in total. The van der Waals surface area contributed by atoms with Crippen LogP contribution >= 0.6 is 34.0 Å². The molecule has 21 aromatic rings. The van der Waals surface area contributed by atoms with Crippen molar-refractivity contribution in [3.05, 3.63) is 413 Å². The number of para-hydroxylation sites is 7. The number of hydrogen-bond donors (Lipinski definition) is 0. The van der Waals surface area contributed by atoms with Crippen molar-refractivity contribution in [1.29, 1.82) is 0 Å². The summed E-state index contributed by atoms with van der Waals surface area (Å²) in [5.41, 5.74) is 31.5. The molecule has 25 rings (SSSR count). The summed E-state index contributed by atoms with van der Waals surface area (Å²) in [5, 5.41) is 7.41. The lowest BCUT2D eigenvalue weighted by atomic mass is 9.30. The van der Waals surface area contributed by atoms with Crippen LogP contribution in [0.2, 0.25) is 0 Å². The van der Waals surface area contributed by atoms with Crippen molar-refractivity contribution < 1.29 is 0 Å². The van der Waals surface area contributed by atoms with E-state index in [1.165, 1.54) is 93.3 Å². The third kappa shape index (κ3) is 10.4. The van der Waals surface area contributed by atoms with E-state index in [-0.39, 0.29) is 13.4 Å². The first-order valence-corrected chi connectivity index (χ1v) is 43.2. The van der Waals surface area contributed by atoms with Crippen molar-refractivity contribution in [3.63, 3.8) is 0 Å². The fourth-order valence-electron chi connectivity index (χ4n) is 20.1. The SMILES string of the molecule is c1ccc(-c2ccccc2N2c3cc4c(cc3B3c5ccccc5N(c5ccccc5)c5cc(N(c6ccccc6)c6cccc7sc8ccccc8c67)cc2c53)B2c3ccccc3N(c3cccc5sc6ccccc6c35)c3cc(N(c5ccccc5)c5cccc6sc7ccccc7c56)cc(c32)N4c2ccccc2-c2ccccc2)cc1. The molecular formula is C108H68B2N6S3. The average Bonchev–Trinajstić information content (AvgIpc) is 1.23. The average molecular weight is 1570 g/mol. The minimum atomic E-state index is -0.293. The van der Waals surface area contributed by atoms with Gasteiger partial charge in [0.15, 0.2) is 0 Å². The van der Waals surface area contributed by atoms with Gasteiger partial charge in [-0.1, -0.05) is 267 Å². The van der Waals surface area contributed by atoms with E-state index < -0.39 is 0 Å². The quantitative estimate of drug-likeness (QED) is 0.113. The lowest BCUT2D eigenvalue weighted by Gasteiger charge is -2.48. The van der Waals surface area contributed by atoms with Gasteiger partial charge in [-0.05, 0) is 189 Å². The zero-order valence-corrected chi connectivity index (χ0v) is 66.8. The number of fused-ring (bicyclic) bond motifs is 17. The van der Waals surface area contributed by atoms with Gasteiger partial charge in [0.25, 0.3) is 13.4 Å². The molecule has 0 atom stereocenters.